The first-order chi connectivity index (χ1) is 13.6. The zero-order chi connectivity index (χ0) is 21.7. The van der Waals surface area contributed by atoms with Gasteiger partial charge in [0.05, 0.1) is 11.1 Å². The number of carboxylic acids is 4. The summed E-state index contributed by atoms with van der Waals surface area (Å²) < 4.78 is 0.784. The Morgan fingerprint density at radius 3 is 1.62 bits per heavy atom. The number of carboxylic acid groups (broad SMARTS) is 4. The standard InChI is InChI=1S/C12H7O4.C8H6O4.Na/c13-11(14)9-3-1-7-5-10(12(15)16)4-2-8(7)6-9;9-7(10)5-2-1-3-6(4-5)8(11)12;/h1-5H,(H,13,14)(H,15,16);1-4H,(H,9,10)(H,11,12);. The Bertz CT molecular complexity index is 1110. The second kappa shape index (κ2) is 9.33. The molecule has 0 spiro atoms. The van der Waals surface area contributed by atoms with Crippen molar-refractivity contribution in [1.82, 2.24) is 0 Å². The van der Waals surface area contributed by atoms with Gasteiger partial charge in [0, 0.05) is 0 Å². The van der Waals surface area contributed by atoms with Crippen LogP contribution in [0.2, 0.25) is 0 Å². The van der Waals surface area contributed by atoms with E-state index in [4.69, 9.17) is 20.4 Å². The number of carbonyl (C=O) groups is 4. The molecule has 4 N–H and O–H groups in total. The van der Waals surface area contributed by atoms with Gasteiger partial charge in [0.1, 0.15) is 0 Å². The molecule has 0 radical (unpaired) electrons. The molecule has 0 aliphatic heterocycles. The Kier molecular flexibility index (Phi) is 7.11. The average Bonchev–Trinajstić information content (AvgIpc) is 2.68. The SMILES string of the molecule is O=C(O)c1ccc2[c]([Na])c(C(=O)O)ccc2c1.O=C(O)c1cccc(C(=O)O)c1. The summed E-state index contributed by atoms with van der Waals surface area (Å²) in [6.45, 7) is 0. The molecule has 0 saturated heterocycles. The molecule has 0 amide bonds. The zero-order valence-electron chi connectivity index (χ0n) is 15.1. The fourth-order valence-corrected chi connectivity index (χ4v) is 3.47. The second-order valence-corrected chi connectivity index (χ2v) is 6.98. The van der Waals surface area contributed by atoms with Crippen molar-refractivity contribution in [3.8, 4) is 0 Å². The molecule has 0 unspecified atom stereocenters. The van der Waals surface area contributed by atoms with Crippen molar-refractivity contribution >= 4 is 65.4 Å². The largest absolute Gasteiger partial charge is 0.478 e. The third kappa shape index (κ3) is 5.41. The monoisotopic (exact) mass is 404 g/mol. The number of benzene rings is 3. The minimum atomic E-state index is -1.13. The van der Waals surface area contributed by atoms with E-state index in [2.05, 4.69) is 0 Å². The van der Waals surface area contributed by atoms with Gasteiger partial charge in [0.2, 0.25) is 0 Å². The normalized spacial score (nSPS) is 10.0. The van der Waals surface area contributed by atoms with Crippen molar-refractivity contribution in [2.45, 2.75) is 0 Å². The summed E-state index contributed by atoms with van der Waals surface area (Å²) in [6.07, 6.45) is 0. The number of hydrogen-bond donors (Lipinski definition) is 4. The molecule has 0 aromatic heterocycles. The van der Waals surface area contributed by atoms with Gasteiger partial charge < -0.3 is 10.2 Å². The maximum Gasteiger partial charge on any atom is 0.335 e. The van der Waals surface area contributed by atoms with Crippen LogP contribution in [0.5, 0.6) is 0 Å². The minimum Gasteiger partial charge on any atom is -0.478 e. The van der Waals surface area contributed by atoms with E-state index in [0.29, 0.717) is 33.5 Å². The number of hydrogen-bond acceptors (Lipinski definition) is 4. The first-order valence-corrected chi connectivity index (χ1v) is 9.18. The van der Waals surface area contributed by atoms with Gasteiger partial charge in [-0.25, -0.2) is 9.59 Å². The maximum atomic E-state index is 11.0. The number of fused-ring (bicyclic) bond motifs is 1. The summed E-state index contributed by atoms with van der Waals surface area (Å²) in [7, 11) is 0. The van der Waals surface area contributed by atoms with Crippen molar-refractivity contribution in [3.05, 3.63) is 76.9 Å². The number of rotatable bonds is 4. The molecule has 9 heteroatoms. The molecular formula is C20H13NaO8. The van der Waals surface area contributed by atoms with Gasteiger partial charge in [-0.2, -0.15) is 0 Å². The van der Waals surface area contributed by atoms with Gasteiger partial charge >= 0.3 is 127 Å². The quantitative estimate of drug-likeness (QED) is 0.483. The van der Waals surface area contributed by atoms with Crippen LogP contribution in [0.4, 0.5) is 0 Å². The summed E-state index contributed by atoms with van der Waals surface area (Å²) in [6, 6.07) is 13.1. The van der Waals surface area contributed by atoms with Crippen LogP contribution in [0.1, 0.15) is 41.4 Å². The summed E-state index contributed by atoms with van der Waals surface area (Å²) in [5.74, 6) is -4.18. The molecule has 8 nitrogen and oxygen atoms in total. The van der Waals surface area contributed by atoms with Crippen LogP contribution >= 0.6 is 0 Å². The zero-order valence-corrected chi connectivity index (χ0v) is 17.1. The first kappa shape index (κ1) is 22.1. The van der Waals surface area contributed by atoms with E-state index in [0.717, 1.165) is 19.7 Å². The molecule has 0 heterocycles. The van der Waals surface area contributed by atoms with E-state index >= 15 is 0 Å². The fraction of sp³-hybridized carbons (Fsp3) is 0. The van der Waals surface area contributed by atoms with Gasteiger partial charge in [-0.15, -0.1) is 0 Å². The van der Waals surface area contributed by atoms with E-state index < -0.39 is 23.9 Å². The van der Waals surface area contributed by atoms with Crippen LogP contribution < -0.4 is 2.81 Å². The van der Waals surface area contributed by atoms with E-state index in [-0.39, 0.29) is 16.7 Å². The van der Waals surface area contributed by atoms with Crippen LogP contribution in [0.15, 0.2) is 54.6 Å². The minimum absolute atomic E-state index is 0.0186. The molecule has 0 aliphatic rings. The third-order valence-corrected chi connectivity index (χ3v) is 5.20. The second-order valence-electron chi connectivity index (χ2n) is 5.98. The topological polar surface area (TPSA) is 149 Å². The molecular weight excluding hydrogens is 391 g/mol. The van der Waals surface area contributed by atoms with E-state index in [1.807, 2.05) is 0 Å². The van der Waals surface area contributed by atoms with Gasteiger partial charge in [-0.1, -0.05) is 6.07 Å². The Hall–Kier alpha value is -3.20. The van der Waals surface area contributed by atoms with Gasteiger partial charge in [-0.3, -0.25) is 0 Å². The molecule has 29 heavy (non-hydrogen) atoms. The Morgan fingerprint density at radius 1 is 0.621 bits per heavy atom. The average molecular weight is 404 g/mol. The van der Waals surface area contributed by atoms with Crippen molar-refractivity contribution in [3.63, 3.8) is 0 Å². The van der Waals surface area contributed by atoms with Crippen molar-refractivity contribution in [2.75, 3.05) is 0 Å². The summed E-state index contributed by atoms with van der Waals surface area (Å²) in [5.41, 5.74) is 0.471. The van der Waals surface area contributed by atoms with Crippen LogP contribution in [0.3, 0.4) is 0 Å². The van der Waals surface area contributed by atoms with Crippen LogP contribution in [-0.4, -0.2) is 72.2 Å². The predicted molar refractivity (Wildman–Crippen MR) is 104 cm³/mol. The van der Waals surface area contributed by atoms with Crippen LogP contribution in [0.25, 0.3) is 10.8 Å². The summed E-state index contributed by atoms with van der Waals surface area (Å²) >= 11 is 0.602. The first-order valence-electron chi connectivity index (χ1n) is 8.18. The molecule has 3 rings (SSSR count). The Labute approximate surface area is 181 Å². The molecule has 3 aromatic carbocycles. The van der Waals surface area contributed by atoms with Crippen molar-refractivity contribution in [1.29, 1.82) is 0 Å². The molecule has 0 bridgehead atoms. The van der Waals surface area contributed by atoms with Crippen molar-refractivity contribution in [2.24, 2.45) is 0 Å². The van der Waals surface area contributed by atoms with Gasteiger partial charge in [-0.05, 0) is 18.2 Å². The van der Waals surface area contributed by atoms with E-state index in [9.17, 15) is 19.2 Å². The number of aromatic carboxylic acids is 4. The van der Waals surface area contributed by atoms with Gasteiger partial charge in [0.15, 0.2) is 0 Å². The maximum absolute atomic E-state index is 11.0. The summed E-state index contributed by atoms with van der Waals surface area (Å²) in [5, 5.41) is 36.4. The smallest absolute Gasteiger partial charge is 0.335 e. The summed E-state index contributed by atoms with van der Waals surface area (Å²) in [4.78, 5) is 42.6. The molecule has 0 aliphatic carbocycles. The van der Waals surface area contributed by atoms with E-state index in [1.165, 1.54) is 30.3 Å². The van der Waals surface area contributed by atoms with Crippen molar-refractivity contribution < 1.29 is 39.6 Å². The third-order valence-electron chi connectivity index (χ3n) is 4.12. The predicted octanol–water partition coefficient (Wildman–Crippen LogP) is 2.11. The van der Waals surface area contributed by atoms with Crippen LogP contribution in [-0.2, 0) is 0 Å². The fourth-order valence-electron chi connectivity index (χ4n) is 2.64. The Morgan fingerprint density at radius 2 is 1.14 bits per heavy atom. The van der Waals surface area contributed by atoms with Gasteiger partial charge in [0.25, 0.3) is 0 Å². The molecule has 0 fully saturated rings. The Balaban J connectivity index is 0.000000221. The molecule has 3 aromatic rings. The van der Waals surface area contributed by atoms with Crippen LogP contribution in [0, 0.1) is 0 Å². The molecule has 0 saturated carbocycles. The molecule has 142 valence electrons. The van der Waals surface area contributed by atoms with E-state index in [1.54, 1.807) is 18.2 Å². The molecule has 0 atom stereocenters.